The van der Waals surface area contributed by atoms with Gasteiger partial charge in [0.05, 0.1) is 5.56 Å². The maximum absolute atomic E-state index is 13.6. The molecule has 164 valence electrons. The lowest BCUT2D eigenvalue weighted by molar-refractivity contribution is -0.139. The molecule has 1 aromatic heterocycles. The number of aromatic amines is 1. The number of piperazine rings is 2. The Kier molecular flexibility index (Phi) is 6.48. The molecule has 1 unspecified atom stereocenters. The summed E-state index contributed by atoms with van der Waals surface area (Å²) in [6.07, 6.45) is 1.45. The first-order valence-corrected chi connectivity index (χ1v) is 10.8. The van der Waals surface area contributed by atoms with Crippen molar-refractivity contribution in [3.05, 3.63) is 70.1 Å². The smallest absolute Gasteiger partial charge is 0.255 e. The highest BCUT2D eigenvalue weighted by Gasteiger charge is 2.34. The summed E-state index contributed by atoms with van der Waals surface area (Å²) in [5.74, 6) is -0.0195. The Morgan fingerprint density at radius 2 is 1.48 bits per heavy atom. The SMILES string of the molecule is CN1CCN(C(C(=O)N2CCN(C(=O)c3ccc(=O)[nH]c3)CC2)c2ccccc2)CC1. The third kappa shape index (κ3) is 4.86. The zero-order valence-corrected chi connectivity index (χ0v) is 17.9. The first-order valence-electron chi connectivity index (χ1n) is 10.8. The highest BCUT2D eigenvalue weighted by Crippen LogP contribution is 2.25. The molecule has 0 aliphatic carbocycles. The second kappa shape index (κ2) is 9.45. The molecule has 1 atom stereocenters. The van der Waals surface area contributed by atoms with E-state index in [2.05, 4.69) is 21.8 Å². The minimum atomic E-state index is -0.295. The molecule has 2 aromatic rings. The van der Waals surface area contributed by atoms with Crippen molar-refractivity contribution in [2.75, 3.05) is 59.4 Å². The van der Waals surface area contributed by atoms with E-state index in [1.54, 1.807) is 4.90 Å². The summed E-state index contributed by atoms with van der Waals surface area (Å²) in [5, 5.41) is 0. The second-order valence-electron chi connectivity index (χ2n) is 8.21. The van der Waals surface area contributed by atoms with Gasteiger partial charge in [-0.05, 0) is 18.7 Å². The summed E-state index contributed by atoms with van der Waals surface area (Å²) in [7, 11) is 2.11. The number of carbonyl (C=O) groups is 2. The van der Waals surface area contributed by atoms with Gasteiger partial charge in [0, 0.05) is 64.6 Å². The first kappa shape index (κ1) is 21.3. The van der Waals surface area contributed by atoms with E-state index >= 15 is 0 Å². The zero-order valence-electron chi connectivity index (χ0n) is 17.9. The molecule has 2 amide bonds. The Hall–Kier alpha value is -2.97. The van der Waals surface area contributed by atoms with Gasteiger partial charge < -0.3 is 19.7 Å². The maximum atomic E-state index is 13.6. The van der Waals surface area contributed by atoms with Crippen LogP contribution in [-0.2, 0) is 4.79 Å². The fraction of sp³-hybridized carbons (Fsp3) is 0.435. The molecule has 0 saturated carbocycles. The summed E-state index contributed by atoms with van der Waals surface area (Å²) in [5.41, 5.74) is 1.24. The zero-order chi connectivity index (χ0) is 21.8. The number of nitrogens with one attached hydrogen (secondary N) is 1. The molecule has 8 heteroatoms. The van der Waals surface area contributed by atoms with Crippen LogP contribution < -0.4 is 5.56 Å². The Labute approximate surface area is 182 Å². The summed E-state index contributed by atoms with van der Waals surface area (Å²) in [6.45, 7) is 5.56. The molecule has 2 saturated heterocycles. The molecule has 4 rings (SSSR count). The van der Waals surface area contributed by atoms with Crippen molar-refractivity contribution in [1.82, 2.24) is 24.6 Å². The number of likely N-dealkylation sites (N-methyl/N-ethyl adjacent to an activating group) is 1. The van der Waals surface area contributed by atoms with Crippen LogP contribution in [0.2, 0.25) is 0 Å². The van der Waals surface area contributed by atoms with Gasteiger partial charge in [-0.1, -0.05) is 30.3 Å². The fourth-order valence-electron chi connectivity index (χ4n) is 4.25. The summed E-state index contributed by atoms with van der Waals surface area (Å²) >= 11 is 0. The molecule has 1 aromatic carbocycles. The molecule has 2 aliphatic heterocycles. The number of hydrogen-bond donors (Lipinski definition) is 1. The van der Waals surface area contributed by atoms with Gasteiger partial charge in [-0.15, -0.1) is 0 Å². The summed E-state index contributed by atoms with van der Waals surface area (Å²) in [4.78, 5) is 48.3. The Balaban J connectivity index is 1.44. The monoisotopic (exact) mass is 423 g/mol. The minimum Gasteiger partial charge on any atom is -0.337 e. The normalized spacial score (nSPS) is 19.3. The number of carbonyl (C=O) groups excluding carboxylic acids is 2. The predicted octanol–water partition coefficient (Wildman–Crippen LogP) is 0.648. The lowest BCUT2D eigenvalue weighted by Crippen LogP contribution is -2.55. The molecular formula is C23H29N5O3. The molecule has 0 bridgehead atoms. The van der Waals surface area contributed by atoms with Crippen LogP contribution in [0.5, 0.6) is 0 Å². The van der Waals surface area contributed by atoms with E-state index in [0.29, 0.717) is 31.7 Å². The van der Waals surface area contributed by atoms with Crippen molar-refractivity contribution in [1.29, 1.82) is 0 Å². The van der Waals surface area contributed by atoms with Gasteiger partial charge in [-0.2, -0.15) is 0 Å². The van der Waals surface area contributed by atoms with Crippen molar-refractivity contribution >= 4 is 11.8 Å². The van der Waals surface area contributed by atoms with E-state index in [1.807, 2.05) is 35.2 Å². The van der Waals surface area contributed by atoms with Crippen molar-refractivity contribution in [2.45, 2.75) is 6.04 Å². The molecular weight excluding hydrogens is 394 g/mol. The van der Waals surface area contributed by atoms with Crippen LogP contribution in [0.4, 0.5) is 0 Å². The Morgan fingerprint density at radius 1 is 0.839 bits per heavy atom. The van der Waals surface area contributed by atoms with Crippen LogP contribution in [-0.4, -0.2) is 95.8 Å². The standard InChI is InChI=1S/C23H29N5O3/c1-25-9-11-26(12-10-25)21(18-5-3-2-4-6-18)23(31)28-15-13-27(14-16-28)22(30)19-7-8-20(29)24-17-19/h2-8,17,21H,9-16H2,1H3,(H,24,29). The van der Waals surface area contributed by atoms with Gasteiger partial charge in [0.2, 0.25) is 11.5 Å². The van der Waals surface area contributed by atoms with E-state index in [0.717, 1.165) is 31.7 Å². The van der Waals surface area contributed by atoms with Gasteiger partial charge in [-0.25, -0.2) is 0 Å². The largest absolute Gasteiger partial charge is 0.337 e. The van der Waals surface area contributed by atoms with Gasteiger partial charge >= 0.3 is 0 Å². The highest BCUT2D eigenvalue weighted by atomic mass is 16.2. The van der Waals surface area contributed by atoms with Crippen molar-refractivity contribution in [3.8, 4) is 0 Å². The molecule has 8 nitrogen and oxygen atoms in total. The van der Waals surface area contributed by atoms with Gasteiger partial charge in [0.1, 0.15) is 6.04 Å². The van der Waals surface area contributed by atoms with Crippen molar-refractivity contribution in [2.24, 2.45) is 0 Å². The molecule has 0 radical (unpaired) electrons. The number of benzene rings is 1. The molecule has 1 N–H and O–H groups in total. The van der Waals surface area contributed by atoms with E-state index in [-0.39, 0.29) is 23.4 Å². The van der Waals surface area contributed by atoms with Crippen LogP contribution in [0.15, 0.2) is 53.5 Å². The fourth-order valence-corrected chi connectivity index (χ4v) is 4.25. The molecule has 2 fully saturated rings. The van der Waals surface area contributed by atoms with Crippen LogP contribution in [0.25, 0.3) is 0 Å². The van der Waals surface area contributed by atoms with Gasteiger partial charge in [0.25, 0.3) is 5.91 Å². The van der Waals surface area contributed by atoms with Gasteiger partial charge in [-0.3, -0.25) is 19.3 Å². The quantitative estimate of drug-likeness (QED) is 0.781. The third-order valence-electron chi connectivity index (χ3n) is 6.16. The van der Waals surface area contributed by atoms with E-state index in [9.17, 15) is 14.4 Å². The van der Waals surface area contributed by atoms with Crippen LogP contribution in [0.3, 0.4) is 0 Å². The number of aromatic nitrogens is 1. The highest BCUT2D eigenvalue weighted by molar-refractivity contribution is 5.94. The molecule has 2 aliphatic rings. The van der Waals surface area contributed by atoms with Crippen LogP contribution in [0.1, 0.15) is 22.0 Å². The van der Waals surface area contributed by atoms with E-state index in [4.69, 9.17) is 0 Å². The van der Waals surface area contributed by atoms with E-state index in [1.165, 1.54) is 18.3 Å². The topological polar surface area (TPSA) is 80.0 Å². The molecule has 31 heavy (non-hydrogen) atoms. The minimum absolute atomic E-state index is 0.104. The first-order chi connectivity index (χ1) is 15.0. The second-order valence-corrected chi connectivity index (χ2v) is 8.21. The van der Waals surface area contributed by atoms with Crippen molar-refractivity contribution in [3.63, 3.8) is 0 Å². The summed E-state index contributed by atoms with van der Waals surface area (Å²) < 4.78 is 0. The van der Waals surface area contributed by atoms with E-state index < -0.39 is 0 Å². The number of amides is 2. The van der Waals surface area contributed by atoms with Crippen LogP contribution in [0, 0.1) is 0 Å². The number of rotatable bonds is 4. The van der Waals surface area contributed by atoms with Crippen LogP contribution >= 0.6 is 0 Å². The number of nitrogens with zero attached hydrogens (tertiary/aromatic N) is 4. The third-order valence-corrected chi connectivity index (χ3v) is 6.16. The molecule has 0 spiro atoms. The average molecular weight is 424 g/mol. The Morgan fingerprint density at radius 3 is 2.10 bits per heavy atom. The molecule has 3 heterocycles. The predicted molar refractivity (Wildman–Crippen MR) is 118 cm³/mol. The average Bonchev–Trinajstić information content (AvgIpc) is 2.81. The van der Waals surface area contributed by atoms with Gasteiger partial charge in [0.15, 0.2) is 0 Å². The number of H-pyrrole nitrogens is 1. The Bertz CT molecular complexity index is 940. The number of hydrogen-bond acceptors (Lipinski definition) is 5. The maximum Gasteiger partial charge on any atom is 0.255 e. The summed E-state index contributed by atoms with van der Waals surface area (Å²) in [6, 6.07) is 12.6. The lowest BCUT2D eigenvalue weighted by atomic mass is 10.0. The van der Waals surface area contributed by atoms with Crippen molar-refractivity contribution < 1.29 is 9.59 Å². The lowest BCUT2D eigenvalue weighted by Gasteiger charge is -2.41. The number of pyridine rings is 1.